The van der Waals surface area contributed by atoms with Crippen molar-refractivity contribution in [2.75, 3.05) is 13.7 Å². The van der Waals surface area contributed by atoms with E-state index in [0.717, 1.165) is 48.6 Å². The summed E-state index contributed by atoms with van der Waals surface area (Å²) in [6.07, 6.45) is 6.62. The second-order valence-corrected chi connectivity index (χ2v) is 14.0. The van der Waals surface area contributed by atoms with Gasteiger partial charge in [0, 0.05) is 30.1 Å². The SMILES string of the molecule is CC[C@H]1C[C@]1(NC(=O)[C@@H]1C[C@@H](OCc2cccc3cccnc23)CN1C(=O)[C@@H](NC(=O)OC(C)(C)C)C1CCCCC1)C(=O)OC. The maximum atomic E-state index is 14.5. The van der Waals surface area contributed by atoms with Crippen molar-refractivity contribution in [1.82, 2.24) is 20.5 Å². The quantitative estimate of drug-likeness (QED) is 0.360. The Hall–Kier alpha value is -3.73. The maximum Gasteiger partial charge on any atom is 0.408 e. The summed E-state index contributed by atoms with van der Waals surface area (Å²) >= 11 is 0. The number of nitrogens with zero attached hydrogens (tertiary/aromatic N) is 2. The highest BCUT2D eigenvalue weighted by Crippen LogP contribution is 2.47. The van der Waals surface area contributed by atoms with E-state index in [1.165, 1.54) is 12.0 Å². The van der Waals surface area contributed by atoms with Gasteiger partial charge in [-0.3, -0.25) is 14.6 Å². The fourth-order valence-corrected chi connectivity index (χ4v) is 7.13. The normalized spacial score (nSPS) is 25.5. The standard InChI is InChI=1S/C35H48N4O7/c1-6-25-19-35(25,32(42)44-5)38-30(40)27-18-26(45-21-24-15-10-14-22-16-11-17-36-28(22)24)20-39(27)31(41)29(23-12-8-7-9-13-23)37-33(43)46-34(2,3)4/h10-11,14-17,23,25-27,29H,6-9,12-13,18-21H2,1-5H3,(H,37,43)(H,38,40)/t25-,26+,27-,29-,35+/m0/s1. The van der Waals surface area contributed by atoms with Crippen molar-refractivity contribution in [2.24, 2.45) is 11.8 Å². The molecule has 3 fully saturated rings. The molecule has 2 aliphatic carbocycles. The summed E-state index contributed by atoms with van der Waals surface area (Å²) in [6.45, 7) is 7.71. The highest BCUT2D eigenvalue weighted by Gasteiger charge is 2.62. The van der Waals surface area contributed by atoms with Crippen molar-refractivity contribution >= 4 is 34.8 Å². The number of esters is 1. The van der Waals surface area contributed by atoms with Crippen LogP contribution in [-0.2, 0) is 35.2 Å². The lowest BCUT2D eigenvalue weighted by Crippen LogP contribution is -2.58. The predicted molar refractivity (Wildman–Crippen MR) is 171 cm³/mol. The second-order valence-electron chi connectivity index (χ2n) is 14.0. The Kier molecular flexibility index (Phi) is 10.2. The number of carbonyl (C=O) groups is 4. The second kappa shape index (κ2) is 13.9. The number of pyridine rings is 1. The lowest BCUT2D eigenvalue weighted by Gasteiger charge is -2.35. The van der Waals surface area contributed by atoms with Gasteiger partial charge in [0.1, 0.15) is 23.2 Å². The molecule has 46 heavy (non-hydrogen) atoms. The van der Waals surface area contributed by atoms with Crippen molar-refractivity contribution in [3.63, 3.8) is 0 Å². The molecule has 3 amide bonds. The molecule has 0 radical (unpaired) electrons. The molecule has 2 heterocycles. The van der Waals surface area contributed by atoms with Crippen molar-refractivity contribution in [3.05, 3.63) is 42.1 Å². The third-order valence-corrected chi connectivity index (χ3v) is 9.59. The van der Waals surface area contributed by atoms with Gasteiger partial charge >= 0.3 is 12.1 Å². The minimum atomic E-state index is -1.10. The van der Waals surface area contributed by atoms with Gasteiger partial charge in [-0.05, 0) is 57.9 Å². The van der Waals surface area contributed by atoms with Gasteiger partial charge in [0.2, 0.25) is 11.8 Å². The number of hydrogen-bond acceptors (Lipinski definition) is 8. The van der Waals surface area contributed by atoms with E-state index in [1.807, 2.05) is 37.3 Å². The molecule has 250 valence electrons. The molecule has 1 aliphatic heterocycles. The summed E-state index contributed by atoms with van der Waals surface area (Å²) in [5.41, 5.74) is -0.0919. The van der Waals surface area contributed by atoms with Crippen molar-refractivity contribution in [1.29, 1.82) is 0 Å². The number of aromatic nitrogens is 1. The van der Waals surface area contributed by atoms with Gasteiger partial charge in [-0.25, -0.2) is 9.59 Å². The predicted octanol–water partition coefficient (Wildman–Crippen LogP) is 4.65. The van der Waals surface area contributed by atoms with Gasteiger partial charge < -0.3 is 29.7 Å². The molecule has 5 atom stereocenters. The van der Waals surface area contributed by atoms with E-state index in [-0.39, 0.29) is 37.3 Å². The van der Waals surface area contributed by atoms with Crippen LogP contribution < -0.4 is 10.6 Å². The lowest BCUT2D eigenvalue weighted by atomic mass is 9.83. The molecule has 2 saturated carbocycles. The third kappa shape index (κ3) is 7.45. The Bertz CT molecular complexity index is 1430. The molecule has 0 bridgehead atoms. The van der Waals surface area contributed by atoms with Crippen LogP contribution in [0.15, 0.2) is 36.5 Å². The van der Waals surface area contributed by atoms with E-state index in [9.17, 15) is 19.2 Å². The maximum absolute atomic E-state index is 14.5. The number of methoxy groups -OCH3 is 1. The first-order valence-corrected chi connectivity index (χ1v) is 16.6. The molecule has 1 saturated heterocycles. The minimum Gasteiger partial charge on any atom is -0.467 e. The molecular formula is C35H48N4O7. The number of para-hydroxylation sites is 1. The summed E-state index contributed by atoms with van der Waals surface area (Å²) in [7, 11) is 1.32. The van der Waals surface area contributed by atoms with Gasteiger partial charge in [-0.1, -0.05) is 56.9 Å². The average molecular weight is 637 g/mol. The highest BCUT2D eigenvalue weighted by molar-refractivity contribution is 5.96. The summed E-state index contributed by atoms with van der Waals surface area (Å²) in [6, 6.07) is 8.02. The van der Waals surface area contributed by atoms with Crippen LogP contribution in [-0.4, -0.2) is 76.7 Å². The van der Waals surface area contributed by atoms with Gasteiger partial charge in [0.25, 0.3) is 0 Å². The number of nitrogens with one attached hydrogen (secondary N) is 2. The molecule has 1 aromatic heterocycles. The van der Waals surface area contributed by atoms with E-state index < -0.39 is 47.3 Å². The number of likely N-dealkylation sites (tertiary alicyclic amines) is 1. The highest BCUT2D eigenvalue weighted by atomic mass is 16.6. The van der Waals surface area contributed by atoms with Crippen LogP contribution >= 0.6 is 0 Å². The fraction of sp³-hybridized carbons (Fsp3) is 0.629. The third-order valence-electron chi connectivity index (χ3n) is 9.59. The Morgan fingerprint density at radius 1 is 1.09 bits per heavy atom. The van der Waals surface area contributed by atoms with Crippen LogP contribution in [0, 0.1) is 11.8 Å². The number of carbonyl (C=O) groups excluding carboxylic acids is 4. The van der Waals surface area contributed by atoms with Crippen molar-refractivity contribution in [3.8, 4) is 0 Å². The van der Waals surface area contributed by atoms with E-state index >= 15 is 0 Å². The molecule has 2 N–H and O–H groups in total. The number of rotatable bonds is 10. The van der Waals surface area contributed by atoms with Crippen LogP contribution in [0.3, 0.4) is 0 Å². The fourth-order valence-electron chi connectivity index (χ4n) is 7.13. The first-order valence-electron chi connectivity index (χ1n) is 16.6. The summed E-state index contributed by atoms with van der Waals surface area (Å²) in [5, 5.41) is 6.83. The Balaban J connectivity index is 1.39. The van der Waals surface area contributed by atoms with Gasteiger partial charge in [-0.2, -0.15) is 0 Å². The first kappa shape index (κ1) is 33.6. The molecule has 5 rings (SSSR count). The summed E-state index contributed by atoms with van der Waals surface area (Å²) in [4.78, 5) is 60.3. The van der Waals surface area contributed by atoms with Crippen molar-refractivity contribution < 1.29 is 33.4 Å². The molecule has 11 heteroatoms. The number of amides is 3. The van der Waals surface area contributed by atoms with Crippen molar-refractivity contribution in [2.45, 2.75) is 115 Å². The molecule has 3 aliphatic rings. The van der Waals surface area contributed by atoms with Gasteiger partial charge in [0.15, 0.2) is 0 Å². The molecule has 0 spiro atoms. The van der Waals surface area contributed by atoms with E-state index in [4.69, 9.17) is 14.2 Å². The topological polar surface area (TPSA) is 136 Å². The van der Waals surface area contributed by atoms with Crippen LogP contribution in [0.1, 0.15) is 84.6 Å². The van der Waals surface area contributed by atoms with E-state index in [2.05, 4.69) is 15.6 Å². The zero-order valence-corrected chi connectivity index (χ0v) is 27.7. The van der Waals surface area contributed by atoms with Crippen LogP contribution in [0.4, 0.5) is 4.79 Å². The molecule has 2 aromatic rings. The number of alkyl carbamates (subject to hydrolysis) is 1. The minimum absolute atomic E-state index is 0.0378. The Labute approximate surface area is 271 Å². The van der Waals surface area contributed by atoms with Crippen LogP contribution in [0.2, 0.25) is 0 Å². The Morgan fingerprint density at radius 2 is 1.83 bits per heavy atom. The summed E-state index contributed by atoms with van der Waals surface area (Å²) < 4.78 is 17.0. The molecule has 0 unspecified atom stereocenters. The zero-order chi connectivity index (χ0) is 33.1. The summed E-state index contributed by atoms with van der Waals surface area (Å²) in [5.74, 6) is -1.37. The Morgan fingerprint density at radius 3 is 2.50 bits per heavy atom. The van der Waals surface area contributed by atoms with Gasteiger partial charge in [0.05, 0.1) is 25.3 Å². The molecule has 11 nitrogen and oxygen atoms in total. The van der Waals surface area contributed by atoms with E-state index in [1.54, 1.807) is 27.0 Å². The first-order chi connectivity index (χ1) is 22.0. The lowest BCUT2D eigenvalue weighted by molar-refractivity contribution is -0.148. The molecule has 1 aromatic carbocycles. The number of fused-ring (bicyclic) bond motifs is 1. The largest absolute Gasteiger partial charge is 0.467 e. The van der Waals surface area contributed by atoms with Gasteiger partial charge in [-0.15, -0.1) is 0 Å². The van der Waals surface area contributed by atoms with Crippen LogP contribution in [0.5, 0.6) is 0 Å². The monoisotopic (exact) mass is 636 g/mol. The van der Waals surface area contributed by atoms with E-state index in [0.29, 0.717) is 12.8 Å². The average Bonchev–Trinajstić information content (AvgIpc) is 3.58. The van der Waals surface area contributed by atoms with Crippen LogP contribution in [0.25, 0.3) is 10.9 Å². The smallest absolute Gasteiger partial charge is 0.408 e. The number of benzene rings is 1. The number of hydrogen-bond donors (Lipinski definition) is 2. The molecular weight excluding hydrogens is 588 g/mol. The zero-order valence-electron chi connectivity index (χ0n) is 27.7. The number of ether oxygens (including phenoxy) is 3.